The number of sulfone groups is 1. The Kier molecular flexibility index (Phi) is 8.07. The van der Waals surface area contributed by atoms with E-state index in [1.54, 1.807) is 20.8 Å². The van der Waals surface area contributed by atoms with Crippen LogP contribution >= 0.6 is 0 Å². The van der Waals surface area contributed by atoms with Crippen LogP contribution in [0.3, 0.4) is 0 Å². The van der Waals surface area contributed by atoms with Gasteiger partial charge in [0, 0.05) is 6.42 Å². The van der Waals surface area contributed by atoms with Crippen molar-refractivity contribution in [1.82, 2.24) is 0 Å². The highest BCUT2D eigenvalue weighted by Crippen LogP contribution is 2.57. The molecule has 2 fully saturated rings. The van der Waals surface area contributed by atoms with Crippen molar-refractivity contribution in [2.45, 2.75) is 122 Å². The van der Waals surface area contributed by atoms with Gasteiger partial charge in [-0.25, -0.2) is 8.42 Å². The average molecular weight is 505 g/mol. The van der Waals surface area contributed by atoms with E-state index in [0.29, 0.717) is 31.1 Å². The number of rotatable bonds is 6. The predicted molar refractivity (Wildman–Crippen MR) is 146 cm³/mol. The van der Waals surface area contributed by atoms with Gasteiger partial charge >= 0.3 is 0 Å². The van der Waals surface area contributed by atoms with Crippen LogP contribution in [0.15, 0.2) is 47.1 Å². The van der Waals surface area contributed by atoms with Crippen LogP contribution in [-0.2, 0) is 9.84 Å². The van der Waals surface area contributed by atoms with Gasteiger partial charge in [0.2, 0.25) is 0 Å². The lowest BCUT2D eigenvalue weighted by Gasteiger charge is -2.43. The molecule has 0 aliphatic heterocycles. The summed E-state index contributed by atoms with van der Waals surface area (Å²) in [5.41, 5.74) is 4.74. The molecule has 4 nitrogen and oxygen atoms in total. The summed E-state index contributed by atoms with van der Waals surface area (Å²) in [6, 6.07) is 0. The molecule has 5 heteroatoms. The lowest BCUT2D eigenvalue weighted by atomic mass is 9.62. The topological polar surface area (TPSA) is 74.6 Å². The second kappa shape index (κ2) is 9.95. The molecule has 3 rings (SSSR count). The molecule has 0 radical (unpaired) electrons. The normalized spacial score (nSPS) is 33.7. The van der Waals surface area contributed by atoms with Gasteiger partial charge in [-0.1, -0.05) is 49.8 Å². The summed E-state index contributed by atoms with van der Waals surface area (Å²) in [5, 5.41) is 20.3. The first-order valence-electron chi connectivity index (χ1n) is 13.4. The predicted octanol–water partition coefficient (Wildman–Crippen LogP) is 6.46. The number of allylic oxidation sites excluding steroid dienone is 5. The van der Waals surface area contributed by atoms with Crippen LogP contribution in [0.2, 0.25) is 0 Å². The second-order valence-electron chi connectivity index (χ2n) is 13.1. The molecule has 2 N–H and O–H groups in total. The van der Waals surface area contributed by atoms with E-state index in [0.717, 1.165) is 43.3 Å². The lowest BCUT2D eigenvalue weighted by Crippen LogP contribution is -2.44. The van der Waals surface area contributed by atoms with E-state index in [1.165, 1.54) is 11.1 Å². The number of hydrogen-bond donors (Lipinski definition) is 2. The van der Waals surface area contributed by atoms with E-state index in [9.17, 15) is 18.6 Å². The van der Waals surface area contributed by atoms with Crippen molar-refractivity contribution in [2.24, 2.45) is 17.3 Å². The van der Waals surface area contributed by atoms with Crippen LogP contribution in [0.25, 0.3) is 0 Å². The molecular formula is C30H48O4S. The van der Waals surface area contributed by atoms with Crippen LogP contribution in [0.5, 0.6) is 0 Å². The molecule has 0 saturated heterocycles. The van der Waals surface area contributed by atoms with Crippen molar-refractivity contribution < 1.29 is 18.6 Å². The summed E-state index contributed by atoms with van der Waals surface area (Å²) < 4.78 is 24.8. The van der Waals surface area contributed by atoms with Gasteiger partial charge < -0.3 is 10.2 Å². The molecule has 198 valence electrons. The highest BCUT2D eigenvalue weighted by Gasteiger charge is 2.47. The second-order valence-corrected chi connectivity index (χ2v) is 16.4. The molecule has 3 aliphatic carbocycles. The maximum Gasteiger partial charge on any atom is 0.160 e. The minimum Gasteiger partial charge on any atom is -0.393 e. The molecule has 5 atom stereocenters. The van der Waals surface area contributed by atoms with Crippen LogP contribution in [0.4, 0.5) is 0 Å². The van der Waals surface area contributed by atoms with Gasteiger partial charge in [0.05, 0.1) is 21.7 Å². The maximum absolute atomic E-state index is 13.1. The maximum atomic E-state index is 13.1. The van der Waals surface area contributed by atoms with Crippen molar-refractivity contribution in [3.8, 4) is 0 Å². The van der Waals surface area contributed by atoms with Crippen molar-refractivity contribution in [2.75, 3.05) is 0 Å². The monoisotopic (exact) mass is 504 g/mol. The summed E-state index contributed by atoms with van der Waals surface area (Å²) >= 11 is 0. The SMILES string of the molecule is C=C1/C(=C\C=C2/CCC[C@]3(C)C([C@H](C)CCC(C)(C)S(=O)(=O)C(C)(C)C)=CC[C@@H]23)CC(O)CC1O. The fraction of sp³-hybridized carbons (Fsp3) is 0.733. The Bertz CT molecular complexity index is 1020. The molecule has 3 aliphatic rings. The van der Waals surface area contributed by atoms with Gasteiger partial charge in [-0.2, -0.15) is 0 Å². The largest absolute Gasteiger partial charge is 0.393 e. The summed E-state index contributed by atoms with van der Waals surface area (Å²) in [6.07, 6.45) is 12.4. The summed E-state index contributed by atoms with van der Waals surface area (Å²) in [7, 11) is -3.25. The fourth-order valence-corrected chi connectivity index (χ4v) is 8.81. The van der Waals surface area contributed by atoms with Crippen molar-refractivity contribution >= 4 is 9.84 Å². The molecule has 2 saturated carbocycles. The molecule has 0 bridgehead atoms. The zero-order valence-electron chi connectivity index (χ0n) is 23.0. The van der Waals surface area contributed by atoms with Crippen LogP contribution in [0, 0.1) is 17.3 Å². The minimum absolute atomic E-state index is 0.109. The van der Waals surface area contributed by atoms with Gasteiger partial charge in [-0.05, 0) is 108 Å². The minimum atomic E-state index is -3.25. The lowest BCUT2D eigenvalue weighted by molar-refractivity contribution is 0.0862. The van der Waals surface area contributed by atoms with Gasteiger partial charge in [-0.15, -0.1) is 0 Å². The molecule has 2 unspecified atom stereocenters. The van der Waals surface area contributed by atoms with Gasteiger partial charge in [0.25, 0.3) is 0 Å². The highest BCUT2D eigenvalue weighted by molar-refractivity contribution is 7.94. The molecule has 0 aromatic rings. The Hall–Kier alpha value is -1.17. The van der Waals surface area contributed by atoms with E-state index in [-0.39, 0.29) is 5.41 Å². The smallest absolute Gasteiger partial charge is 0.160 e. The van der Waals surface area contributed by atoms with E-state index in [2.05, 4.69) is 38.7 Å². The standard InChI is InChI=1S/C30H48O4S/c1-20(15-17-29(6,7)35(33,34)28(3,4)5)25-13-14-26-22(10-9-16-30(25,26)8)11-12-23-18-24(31)19-27(32)21(23)2/h11-13,20,24,26-27,31-32H,2,9-10,14-19H2,1,3-8H3/b22-11+,23-12-/t20-,24?,26+,27?,30-/m1/s1. The molecular weight excluding hydrogens is 456 g/mol. The van der Waals surface area contributed by atoms with Crippen LogP contribution < -0.4 is 0 Å². The zero-order valence-corrected chi connectivity index (χ0v) is 23.8. The Morgan fingerprint density at radius 3 is 2.49 bits per heavy atom. The van der Waals surface area contributed by atoms with Crippen molar-refractivity contribution in [3.63, 3.8) is 0 Å². The third-order valence-corrected chi connectivity index (χ3v) is 12.4. The Morgan fingerprint density at radius 1 is 1.20 bits per heavy atom. The van der Waals surface area contributed by atoms with Crippen LogP contribution in [0.1, 0.15) is 99.8 Å². The third kappa shape index (κ3) is 5.43. The molecule has 0 aromatic carbocycles. The van der Waals surface area contributed by atoms with Gasteiger partial charge in [0.1, 0.15) is 0 Å². The van der Waals surface area contributed by atoms with Gasteiger partial charge in [0.15, 0.2) is 9.84 Å². The number of fused-ring (bicyclic) bond motifs is 1. The quantitative estimate of drug-likeness (QED) is 0.407. The summed E-state index contributed by atoms with van der Waals surface area (Å²) in [4.78, 5) is 0. The molecule has 0 heterocycles. The summed E-state index contributed by atoms with van der Waals surface area (Å²) in [6.45, 7) is 17.9. The Labute approximate surface area is 214 Å². The van der Waals surface area contributed by atoms with Crippen LogP contribution in [-0.4, -0.2) is 40.3 Å². The number of aliphatic hydroxyl groups is 2. The highest BCUT2D eigenvalue weighted by atomic mass is 32.2. The van der Waals surface area contributed by atoms with E-state index >= 15 is 0 Å². The van der Waals surface area contributed by atoms with E-state index in [1.807, 2.05) is 13.8 Å². The van der Waals surface area contributed by atoms with E-state index in [4.69, 9.17) is 0 Å². The van der Waals surface area contributed by atoms with Crippen molar-refractivity contribution in [3.05, 3.63) is 47.1 Å². The molecule has 0 amide bonds. The first-order chi connectivity index (χ1) is 16.0. The van der Waals surface area contributed by atoms with Crippen molar-refractivity contribution in [1.29, 1.82) is 0 Å². The first-order valence-corrected chi connectivity index (χ1v) is 14.9. The number of hydrogen-bond acceptors (Lipinski definition) is 4. The van der Waals surface area contributed by atoms with Gasteiger partial charge in [-0.3, -0.25) is 0 Å². The molecule has 0 aromatic heterocycles. The Morgan fingerprint density at radius 2 is 1.86 bits per heavy atom. The third-order valence-electron chi connectivity index (χ3n) is 9.12. The average Bonchev–Trinajstić information content (AvgIpc) is 3.10. The summed E-state index contributed by atoms with van der Waals surface area (Å²) in [5.74, 6) is 0.809. The molecule has 0 spiro atoms. The first kappa shape index (κ1) is 28.4. The van der Waals surface area contributed by atoms with E-state index < -0.39 is 31.5 Å². The Balaban J connectivity index is 1.75. The number of aliphatic hydroxyl groups excluding tert-OH is 2. The zero-order chi connectivity index (χ0) is 26.4. The fourth-order valence-electron chi connectivity index (χ4n) is 6.76. The molecule has 35 heavy (non-hydrogen) atoms.